The number of halogens is 2. The summed E-state index contributed by atoms with van der Waals surface area (Å²) in [5.74, 6) is -1.55. The predicted octanol–water partition coefficient (Wildman–Crippen LogP) is 4.38. The topological polar surface area (TPSA) is 66.5 Å². The number of benzene rings is 3. The van der Waals surface area contributed by atoms with Crippen molar-refractivity contribution in [2.75, 3.05) is 11.9 Å². The van der Waals surface area contributed by atoms with Crippen molar-refractivity contribution in [1.82, 2.24) is 4.90 Å². The van der Waals surface area contributed by atoms with Crippen LogP contribution in [0.4, 0.5) is 5.69 Å². The molecule has 0 radical (unpaired) electrons. The Bertz CT molecular complexity index is 1080. The molecule has 1 aliphatic heterocycles. The van der Waals surface area contributed by atoms with Gasteiger partial charge in [-0.25, -0.2) is 0 Å². The van der Waals surface area contributed by atoms with Gasteiger partial charge in [0.25, 0.3) is 11.8 Å². The molecule has 0 atom stereocenters. The van der Waals surface area contributed by atoms with Gasteiger partial charge in [-0.3, -0.25) is 19.3 Å². The van der Waals surface area contributed by atoms with Gasteiger partial charge in [0, 0.05) is 16.5 Å². The fraction of sp³-hybridized carbons (Fsp3) is 0.0500. The number of amides is 3. The Morgan fingerprint density at radius 2 is 1.48 bits per heavy atom. The van der Waals surface area contributed by atoms with Crippen LogP contribution in [0.25, 0.3) is 10.8 Å². The third-order valence-electron chi connectivity index (χ3n) is 4.38. The van der Waals surface area contributed by atoms with Gasteiger partial charge in [0.15, 0.2) is 0 Å². The fourth-order valence-corrected chi connectivity index (χ4v) is 3.51. The molecule has 4 rings (SSSR count). The fourth-order valence-electron chi connectivity index (χ4n) is 3.16. The summed E-state index contributed by atoms with van der Waals surface area (Å²) >= 11 is 12.0. The SMILES string of the molecule is O=C(CN1C(=O)c2cccc3cccc(c23)C1=O)Nc1cccc(Cl)c1Cl. The smallest absolute Gasteiger partial charge is 0.261 e. The van der Waals surface area contributed by atoms with Gasteiger partial charge in [0.1, 0.15) is 6.54 Å². The lowest BCUT2D eigenvalue weighted by molar-refractivity contribution is -0.116. The maximum atomic E-state index is 12.8. The van der Waals surface area contributed by atoms with Crippen LogP contribution in [0.15, 0.2) is 54.6 Å². The van der Waals surface area contributed by atoms with E-state index in [0.29, 0.717) is 27.2 Å². The van der Waals surface area contributed by atoms with Gasteiger partial charge in [-0.05, 0) is 29.7 Å². The van der Waals surface area contributed by atoms with Crippen molar-refractivity contribution in [2.45, 2.75) is 0 Å². The maximum absolute atomic E-state index is 12.8. The molecule has 0 aromatic heterocycles. The molecule has 0 fully saturated rings. The summed E-state index contributed by atoms with van der Waals surface area (Å²) in [5.41, 5.74) is 1.11. The van der Waals surface area contributed by atoms with Crippen LogP contribution in [-0.2, 0) is 4.79 Å². The standard InChI is InChI=1S/C20H12Cl2N2O3/c21-14-8-3-9-15(18(14)22)23-16(25)10-24-19(26)12-6-1-4-11-5-2-7-13(17(11)12)20(24)27/h1-9H,10H2,(H,23,25). The summed E-state index contributed by atoms with van der Waals surface area (Å²) < 4.78 is 0. The summed E-state index contributed by atoms with van der Waals surface area (Å²) in [7, 11) is 0. The van der Waals surface area contributed by atoms with Crippen LogP contribution in [0.5, 0.6) is 0 Å². The largest absolute Gasteiger partial charge is 0.323 e. The van der Waals surface area contributed by atoms with Gasteiger partial charge < -0.3 is 5.32 Å². The zero-order valence-electron chi connectivity index (χ0n) is 13.8. The average molecular weight is 399 g/mol. The maximum Gasteiger partial charge on any atom is 0.261 e. The normalized spacial score (nSPS) is 13.2. The Balaban J connectivity index is 1.64. The molecule has 0 spiro atoms. The van der Waals surface area contributed by atoms with Crippen molar-refractivity contribution in [3.8, 4) is 0 Å². The van der Waals surface area contributed by atoms with Crippen LogP contribution < -0.4 is 5.32 Å². The molecule has 5 nitrogen and oxygen atoms in total. The third kappa shape index (κ3) is 2.95. The summed E-state index contributed by atoms with van der Waals surface area (Å²) in [5, 5.41) is 4.49. The monoisotopic (exact) mass is 398 g/mol. The summed E-state index contributed by atoms with van der Waals surface area (Å²) in [6.07, 6.45) is 0. The van der Waals surface area contributed by atoms with Crippen molar-refractivity contribution < 1.29 is 14.4 Å². The van der Waals surface area contributed by atoms with E-state index in [9.17, 15) is 14.4 Å². The first-order chi connectivity index (χ1) is 13.0. The number of carbonyl (C=O) groups excluding carboxylic acids is 3. The number of anilines is 1. The molecular weight excluding hydrogens is 387 g/mol. The number of nitrogens with one attached hydrogen (secondary N) is 1. The minimum atomic E-state index is -0.549. The molecular formula is C20H12Cl2N2O3. The highest BCUT2D eigenvalue weighted by molar-refractivity contribution is 6.44. The van der Waals surface area contributed by atoms with Crippen LogP contribution in [0.1, 0.15) is 20.7 Å². The zero-order chi connectivity index (χ0) is 19.1. The van der Waals surface area contributed by atoms with Crippen molar-refractivity contribution >= 4 is 57.4 Å². The first-order valence-electron chi connectivity index (χ1n) is 8.09. The minimum absolute atomic E-state index is 0.193. The summed E-state index contributed by atoms with van der Waals surface area (Å²) in [4.78, 5) is 39.0. The van der Waals surface area contributed by atoms with Gasteiger partial charge in [0.05, 0.1) is 15.7 Å². The molecule has 0 unspecified atom stereocenters. The van der Waals surface area contributed by atoms with Crippen molar-refractivity contribution in [2.24, 2.45) is 0 Å². The van der Waals surface area contributed by atoms with E-state index in [2.05, 4.69) is 5.32 Å². The molecule has 0 saturated carbocycles. The lowest BCUT2D eigenvalue weighted by Crippen LogP contribution is -2.44. The summed E-state index contributed by atoms with van der Waals surface area (Å²) in [6, 6.07) is 15.3. The summed E-state index contributed by atoms with van der Waals surface area (Å²) in [6.45, 7) is -0.425. The lowest BCUT2D eigenvalue weighted by atomic mass is 9.94. The van der Waals surface area contributed by atoms with Crippen LogP contribution in [-0.4, -0.2) is 29.2 Å². The predicted molar refractivity (Wildman–Crippen MR) is 104 cm³/mol. The molecule has 27 heavy (non-hydrogen) atoms. The Morgan fingerprint density at radius 1 is 0.889 bits per heavy atom. The molecule has 3 aromatic carbocycles. The molecule has 0 saturated heterocycles. The zero-order valence-corrected chi connectivity index (χ0v) is 15.3. The second-order valence-corrected chi connectivity index (χ2v) is 6.84. The molecule has 1 aliphatic rings. The third-order valence-corrected chi connectivity index (χ3v) is 5.20. The first-order valence-corrected chi connectivity index (χ1v) is 8.85. The second-order valence-electron chi connectivity index (χ2n) is 6.06. The molecule has 1 N–H and O–H groups in total. The Labute approximate surface area is 164 Å². The van der Waals surface area contributed by atoms with E-state index in [1.165, 1.54) is 0 Å². The lowest BCUT2D eigenvalue weighted by Gasteiger charge is -2.26. The Morgan fingerprint density at radius 3 is 2.11 bits per heavy atom. The van der Waals surface area contributed by atoms with E-state index in [1.807, 2.05) is 12.1 Å². The van der Waals surface area contributed by atoms with E-state index < -0.39 is 24.3 Å². The average Bonchev–Trinajstić information content (AvgIpc) is 2.67. The Kier molecular flexibility index (Phi) is 4.34. The van der Waals surface area contributed by atoms with Crippen LogP contribution >= 0.6 is 23.2 Å². The quantitative estimate of drug-likeness (QED) is 0.665. The van der Waals surface area contributed by atoms with Crippen molar-refractivity contribution in [3.63, 3.8) is 0 Å². The molecule has 0 aliphatic carbocycles. The Hall–Kier alpha value is -2.89. The number of carbonyl (C=O) groups is 3. The van der Waals surface area contributed by atoms with Gasteiger partial charge in [0.2, 0.25) is 5.91 Å². The van der Waals surface area contributed by atoms with E-state index in [0.717, 1.165) is 10.3 Å². The van der Waals surface area contributed by atoms with Crippen molar-refractivity contribution in [1.29, 1.82) is 0 Å². The van der Waals surface area contributed by atoms with Crippen molar-refractivity contribution in [3.05, 3.63) is 75.8 Å². The molecule has 134 valence electrons. The number of imide groups is 1. The van der Waals surface area contributed by atoms with Gasteiger partial charge in [-0.1, -0.05) is 53.5 Å². The number of hydrogen-bond acceptors (Lipinski definition) is 3. The van der Waals surface area contributed by atoms with Crippen LogP contribution in [0.2, 0.25) is 10.0 Å². The molecule has 7 heteroatoms. The first kappa shape index (κ1) is 17.5. The second kappa shape index (κ2) is 6.68. The molecule has 3 amide bonds. The number of nitrogens with zero attached hydrogens (tertiary/aromatic N) is 1. The molecule has 1 heterocycles. The highest BCUT2D eigenvalue weighted by Gasteiger charge is 2.33. The van der Waals surface area contributed by atoms with E-state index in [4.69, 9.17) is 23.2 Å². The van der Waals surface area contributed by atoms with Crippen LogP contribution in [0, 0.1) is 0 Å². The molecule has 3 aromatic rings. The highest BCUT2D eigenvalue weighted by atomic mass is 35.5. The van der Waals surface area contributed by atoms with Gasteiger partial charge in [-0.15, -0.1) is 0 Å². The molecule has 0 bridgehead atoms. The van der Waals surface area contributed by atoms with E-state index in [1.54, 1.807) is 42.5 Å². The van der Waals surface area contributed by atoms with E-state index >= 15 is 0 Å². The number of rotatable bonds is 3. The highest BCUT2D eigenvalue weighted by Crippen LogP contribution is 2.31. The van der Waals surface area contributed by atoms with Crippen LogP contribution in [0.3, 0.4) is 0 Å². The van der Waals surface area contributed by atoms with Gasteiger partial charge in [-0.2, -0.15) is 0 Å². The van der Waals surface area contributed by atoms with E-state index in [-0.39, 0.29) is 5.02 Å². The number of hydrogen-bond donors (Lipinski definition) is 1. The van der Waals surface area contributed by atoms with Gasteiger partial charge >= 0.3 is 0 Å². The minimum Gasteiger partial charge on any atom is -0.323 e.